The van der Waals surface area contributed by atoms with Crippen LogP contribution in [0.25, 0.3) is 0 Å². The predicted octanol–water partition coefficient (Wildman–Crippen LogP) is -1.06. The number of hydrogen-bond acceptors (Lipinski definition) is 7. The van der Waals surface area contributed by atoms with Gasteiger partial charge in [-0.1, -0.05) is 0 Å². The summed E-state index contributed by atoms with van der Waals surface area (Å²) in [6.45, 7) is 1.10. The van der Waals surface area contributed by atoms with Crippen LogP contribution in [0.2, 0.25) is 0 Å². The second kappa shape index (κ2) is 3.82. The molecule has 1 aromatic heterocycles. The van der Waals surface area contributed by atoms with Crippen LogP contribution < -0.4 is 11.4 Å². The van der Waals surface area contributed by atoms with E-state index >= 15 is 0 Å². The van der Waals surface area contributed by atoms with Gasteiger partial charge in [-0.25, -0.2) is 9.78 Å². The van der Waals surface area contributed by atoms with Gasteiger partial charge in [-0.2, -0.15) is 4.98 Å². The highest BCUT2D eigenvalue weighted by molar-refractivity contribution is 5.16. The van der Waals surface area contributed by atoms with Crippen molar-refractivity contribution >= 4 is 5.95 Å². The zero-order valence-corrected chi connectivity index (χ0v) is 9.07. The van der Waals surface area contributed by atoms with Crippen LogP contribution in [0.15, 0.2) is 23.0 Å². The zero-order chi connectivity index (χ0) is 12.6. The number of nitrogens with two attached hydrogens (primary N) is 1. The van der Waals surface area contributed by atoms with Crippen molar-refractivity contribution in [2.45, 2.75) is 18.8 Å². The number of ether oxygens (including phenoxy) is 1. The fourth-order valence-corrected chi connectivity index (χ4v) is 1.46. The van der Waals surface area contributed by atoms with Gasteiger partial charge in [-0.05, 0) is 6.92 Å². The molecule has 8 nitrogen and oxygen atoms in total. The van der Waals surface area contributed by atoms with Crippen LogP contribution in [0, 0.1) is 0 Å². The molecular formula is C9H12N4O4. The fourth-order valence-electron chi connectivity index (χ4n) is 1.46. The van der Waals surface area contributed by atoms with Gasteiger partial charge in [0.05, 0.1) is 6.61 Å². The average molecular weight is 240 g/mol. The van der Waals surface area contributed by atoms with Gasteiger partial charge in [0.2, 0.25) is 5.95 Å². The number of rotatable bonds is 2. The molecule has 8 heteroatoms. The molecule has 0 unspecified atom stereocenters. The maximum Gasteiger partial charge on any atom is 0.354 e. The zero-order valence-electron chi connectivity index (χ0n) is 9.07. The van der Waals surface area contributed by atoms with Crippen molar-refractivity contribution in [2.24, 2.45) is 0 Å². The maximum absolute atomic E-state index is 11.5. The standard InChI is InChI=1S/C9H12N4O4/c1-9(3-14)5(15)2-6(17-9)13-4-11-7(10)12-8(13)16/h2,4,6,14-15H,3H2,1H3,(H2,10,12,16)/t6-,9-/m1/s1. The molecule has 0 saturated carbocycles. The van der Waals surface area contributed by atoms with E-state index in [1.807, 2.05) is 0 Å². The third kappa shape index (κ3) is 1.87. The molecule has 0 spiro atoms. The van der Waals surface area contributed by atoms with Crippen molar-refractivity contribution < 1.29 is 14.9 Å². The molecule has 0 amide bonds. The summed E-state index contributed by atoms with van der Waals surface area (Å²) < 4.78 is 6.43. The lowest BCUT2D eigenvalue weighted by Crippen LogP contribution is -2.35. The molecule has 2 atom stereocenters. The number of aromatic nitrogens is 3. The molecular weight excluding hydrogens is 228 g/mol. The Morgan fingerprint density at radius 3 is 2.94 bits per heavy atom. The van der Waals surface area contributed by atoms with Gasteiger partial charge in [0.15, 0.2) is 6.23 Å². The Bertz CT molecular complexity index is 526. The van der Waals surface area contributed by atoms with Crippen LogP contribution in [0.4, 0.5) is 5.95 Å². The molecule has 0 aliphatic carbocycles. The van der Waals surface area contributed by atoms with Crippen molar-refractivity contribution in [2.75, 3.05) is 12.3 Å². The van der Waals surface area contributed by atoms with E-state index in [1.54, 1.807) is 0 Å². The first-order chi connectivity index (χ1) is 7.96. The van der Waals surface area contributed by atoms with Gasteiger partial charge in [-0.15, -0.1) is 0 Å². The molecule has 2 rings (SSSR count). The van der Waals surface area contributed by atoms with E-state index in [0.29, 0.717) is 0 Å². The summed E-state index contributed by atoms with van der Waals surface area (Å²) in [5, 5.41) is 18.7. The van der Waals surface area contributed by atoms with Gasteiger partial charge in [-0.3, -0.25) is 4.57 Å². The summed E-state index contributed by atoms with van der Waals surface area (Å²) >= 11 is 0. The normalized spacial score (nSPS) is 28.1. The first kappa shape index (κ1) is 11.6. The third-order valence-corrected chi connectivity index (χ3v) is 2.54. The Morgan fingerprint density at radius 2 is 2.41 bits per heavy atom. The van der Waals surface area contributed by atoms with Crippen LogP contribution >= 0.6 is 0 Å². The van der Waals surface area contributed by atoms with Gasteiger partial charge < -0.3 is 20.7 Å². The smallest absolute Gasteiger partial charge is 0.354 e. The maximum atomic E-state index is 11.5. The Hall–Kier alpha value is -1.93. The molecule has 0 aromatic carbocycles. The minimum Gasteiger partial charge on any atom is -0.509 e. The molecule has 1 aliphatic rings. The van der Waals surface area contributed by atoms with E-state index in [0.717, 1.165) is 4.57 Å². The Balaban J connectivity index is 2.36. The molecule has 4 N–H and O–H groups in total. The topological polar surface area (TPSA) is 123 Å². The molecule has 17 heavy (non-hydrogen) atoms. The number of hydrogen-bond donors (Lipinski definition) is 3. The molecule has 1 aliphatic heterocycles. The molecule has 1 aromatic rings. The van der Waals surface area contributed by atoms with Crippen molar-refractivity contribution in [1.82, 2.24) is 14.5 Å². The summed E-state index contributed by atoms with van der Waals surface area (Å²) in [6, 6.07) is 0. The SMILES string of the molecule is C[C@]1(CO)O[C@@H](n2cnc(N)nc2=O)C=C1O. The van der Waals surface area contributed by atoms with Gasteiger partial charge in [0, 0.05) is 6.08 Å². The fraction of sp³-hybridized carbons (Fsp3) is 0.444. The first-order valence-electron chi connectivity index (χ1n) is 4.87. The Labute approximate surface area is 96.0 Å². The lowest BCUT2D eigenvalue weighted by molar-refractivity contribution is -0.0911. The van der Waals surface area contributed by atoms with Gasteiger partial charge >= 0.3 is 5.69 Å². The van der Waals surface area contributed by atoms with Crippen LogP contribution in [-0.2, 0) is 4.74 Å². The molecule has 2 heterocycles. The van der Waals surface area contributed by atoms with Crippen LogP contribution in [0.1, 0.15) is 13.2 Å². The predicted molar refractivity (Wildman–Crippen MR) is 57.0 cm³/mol. The second-order valence-electron chi connectivity index (χ2n) is 3.85. The van der Waals surface area contributed by atoms with Gasteiger partial charge in [0.25, 0.3) is 0 Å². The van der Waals surface area contributed by atoms with E-state index in [4.69, 9.17) is 15.6 Å². The summed E-state index contributed by atoms with van der Waals surface area (Å²) in [5.74, 6) is -0.281. The summed E-state index contributed by atoms with van der Waals surface area (Å²) in [7, 11) is 0. The first-order valence-corrected chi connectivity index (χ1v) is 4.87. The number of nitrogen functional groups attached to an aromatic ring is 1. The second-order valence-corrected chi connectivity index (χ2v) is 3.85. The van der Waals surface area contributed by atoms with Crippen molar-refractivity contribution in [3.05, 3.63) is 28.6 Å². The Kier molecular flexibility index (Phi) is 2.60. The highest BCUT2D eigenvalue weighted by atomic mass is 16.6. The minimum atomic E-state index is -1.22. The molecule has 0 saturated heterocycles. The molecule has 0 fully saturated rings. The number of nitrogens with zero attached hydrogens (tertiary/aromatic N) is 3. The monoisotopic (exact) mass is 240 g/mol. The number of aliphatic hydroxyl groups excluding tert-OH is 2. The van der Waals surface area contributed by atoms with Crippen LogP contribution in [0.5, 0.6) is 0 Å². The van der Waals surface area contributed by atoms with E-state index in [2.05, 4.69) is 9.97 Å². The van der Waals surface area contributed by atoms with Crippen molar-refractivity contribution in [3.63, 3.8) is 0 Å². The van der Waals surface area contributed by atoms with E-state index in [1.165, 1.54) is 19.3 Å². The lowest BCUT2D eigenvalue weighted by Gasteiger charge is -2.23. The van der Waals surface area contributed by atoms with Crippen LogP contribution in [0.3, 0.4) is 0 Å². The average Bonchev–Trinajstić information content (AvgIpc) is 2.56. The van der Waals surface area contributed by atoms with E-state index < -0.39 is 24.1 Å². The molecule has 0 bridgehead atoms. The van der Waals surface area contributed by atoms with Crippen molar-refractivity contribution in [1.29, 1.82) is 0 Å². The molecule has 92 valence electrons. The van der Waals surface area contributed by atoms with E-state index in [9.17, 15) is 9.90 Å². The quantitative estimate of drug-likeness (QED) is 0.602. The molecule has 0 radical (unpaired) electrons. The highest BCUT2D eigenvalue weighted by Gasteiger charge is 2.39. The highest BCUT2D eigenvalue weighted by Crippen LogP contribution is 2.32. The van der Waals surface area contributed by atoms with Gasteiger partial charge in [0.1, 0.15) is 17.7 Å². The minimum absolute atomic E-state index is 0.137. The number of anilines is 1. The lowest BCUT2D eigenvalue weighted by atomic mass is 10.1. The van der Waals surface area contributed by atoms with Crippen LogP contribution in [-0.4, -0.2) is 37.0 Å². The third-order valence-electron chi connectivity index (χ3n) is 2.54. The largest absolute Gasteiger partial charge is 0.509 e. The Morgan fingerprint density at radius 1 is 1.71 bits per heavy atom. The number of aliphatic hydroxyl groups is 2. The summed E-state index contributed by atoms with van der Waals surface area (Å²) in [4.78, 5) is 18.6. The van der Waals surface area contributed by atoms with Crippen molar-refractivity contribution in [3.8, 4) is 0 Å². The van der Waals surface area contributed by atoms with E-state index in [-0.39, 0.29) is 11.7 Å². The summed E-state index contributed by atoms with van der Waals surface area (Å²) in [5.41, 5.74) is 3.39. The summed E-state index contributed by atoms with van der Waals surface area (Å²) in [6.07, 6.45) is 1.61.